The van der Waals surface area contributed by atoms with Crippen LogP contribution in [0.2, 0.25) is 0 Å². The fourth-order valence-electron chi connectivity index (χ4n) is 5.51. The number of aliphatic hydroxyl groups is 1. The molecule has 1 saturated heterocycles. The largest absolute Gasteiger partial charge is 0.388 e. The number of amides is 2. The molecule has 8 heteroatoms. The van der Waals surface area contributed by atoms with E-state index < -0.39 is 42.5 Å². The standard InChI is InChI=1S/C35H33NO7/c37-31-29(23-40-20-24-12-4-1-5-13-24)43-35(42-22-26-16-8-3-9-17-26)30(32(31)41-21-25-14-6-2-7-15-25)36-33(38)27-18-10-11-19-28(27)34(36)39/h1-19,29-32,35,37H,20-23H2/t29-,30+,31+,32+,35+/m0/s1. The van der Waals surface area contributed by atoms with E-state index in [0.29, 0.717) is 17.7 Å². The third kappa shape index (κ3) is 6.44. The summed E-state index contributed by atoms with van der Waals surface area (Å²) in [5, 5.41) is 11.7. The Morgan fingerprint density at radius 3 is 1.63 bits per heavy atom. The van der Waals surface area contributed by atoms with Gasteiger partial charge in [0, 0.05) is 0 Å². The number of fused-ring (bicyclic) bond motifs is 1. The normalized spacial score (nSPS) is 23.4. The van der Waals surface area contributed by atoms with Crippen molar-refractivity contribution in [2.75, 3.05) is 6.61 Å². The summed E-state index contributed by atoms with van der Waals surface area (Å²) in [6.45, 7) is 0.664. The van der Waals surface area contributed by atoms with Crippen LogP contribution in [0.3, 0.4) is 0 Å². The van der Waals surface area contributed by atoms with E-state index >= 15 is 0 Å². The molecule has 220 valence electrons. The molecule has 2 aliphatic rings. The van der Waals surface area contributed by atoms with Crippen molar-refractivity contribution in [3.63, 3.8) is 0 Å². The van der Waals surface area contributed by atoms with Crippen LogP contribution in [-0.4, -0.2) is 59.1 Å². The molecule has 5 atom stereocenters. The molecule has 4 aromatic rings. The Hall–Kier alpha value is -4.18. The third-order valence-electron chi connectivity index (χ3n) is 7.70. The number of benzene rings is 4. The molecule has 2 aliphatic heterocycles. The number of hydrogen-bond acceptors (Lipinski definition) is 7. The molecule has 0 bridgehead atoms. The van der Waals surface area contributed by atoms with Gasteiger partial charge in [-0.05, 0) is 28.8 Å². The van der Waals surface area contributed by atoms with E-state index in [-0.39, 0.29) is 19.8 Å². The van der Waals surface area contributed by atoms with Crippen LogP contribution in [0, 0.1) is 0 Å². The highest BCUT2D eigenvalue weighted by atomic mass is 16.7. The molecule has 0 spiro atoms. The minimum absolute atomic E-state index is 0.0429. The molecule has 0 unspecified atom stereocenters. The van der Waals surface area contributed by atoms with E-state index in [1.165, 1.54) is 0 Å². The second kappa shape index (κ2) is 13.4. The lowest BCUT2D eigenvalue weighted by molar-refractivity contribution is -0.293. The molecule has 0 radical (unpaired) electrons. The first-order chi connectivity index (χ1) is 21.1. The Labute approximate surface area is 250 Å². The molecule has 0 aliphatic carbocycles. The summed E-state index contributed by atoms with van der Waals surface area (Å²) in [6.07, 6.45) is -4.21. The lowest BCUT2D eigenvalue weighted by atomic mass is 9.95. The van der Waals surface area contributed by atoms with Crippen molar-refractivity contribution < 1.29 is 33.6 Å². The number of nitrogens with zero attached hydrogens (tertiary/aromatic N) is 1. The van der Waals surface area contributed by atoms with Crippen molar-refractivity contribution in [3.05, 3.63) is 143 Å². The molecule has 1 N–H and O–H groups in total. The van der Waals surface area contributed by atoms with Crippen molar-refractivity contribution in [2.24, 2.45) is 0 Å². The molecule has 6 rings (SSSR count). The zero-order chi connectivity index (χ0) is 29.6. The highest BCUT2D eigenvalue weighted by Crippen LogP contribution is 2.35. The Morgan fingerprint density at radius 1 is 0.628 bits per heavy atom. The summed E-state index contributed by atoms with van der Waals surface area (Å²) in [4.78, 5) is 28.5. The Kier molecular flexibility index (Phi) is 9.02. The fraction of sp³-hybridized carbons (Fsp3) is 0.257. The SMILES string of the molecule is O=C1c2ccccc2C(=O)N1[C@H]1[C@H](OCc2ccccc2)O[C@@H](COCc2ccccc2)[C@@H](O)[C@@H]1OCc1ccccc1. The molecule has 0 saturated carbocycles. The van der Waals surface area contributed by atoms with E-state index in [0.717, 1.165) is 21.6 Å². The van der Waals surface area contributed by atoms with Crippen LogP contribution in [0.5, 0.6) is 0 Å². The molecule has 4 aromatic carbocycles. The van der Waals surface area contributed by atoms with Gasteiger partial charge in [0.1, 0.15) is 24.4 Å². The van der Waals surface area contributed by atoms with Crippen molar-refractivity contribution >= 4 is 11.8 Å². The molecule has 1 fully saturated rings. The number of hydrogen-bond donors (Lipinski definition) is 1. The van der Waals surface area contributed by atoms with Gasteiger partial charge in [0.15, 0.2) is 6.29 Å². The van der Waals surface area contributed by atoms with E-state index in [2.05, 4.69) is 0 Å². The lowest BCUT2D eigenvalue weighted by Gasteiger charge is -2.46. The van der Waals surface area contributed by atoms with Gasteiger partial charge in [0.05, 0.1) is 37.6 Å². The Morgan fingerprint density at radius 2 is 1.09 bits per heavy atom. The topological polar surface area (TPSA) is 94.5 Å². The van der Waals surface area contributed by atoms with Gasteiger partial charge in [-0.25, -0.2) is 0 Å². The van der Waals surface area contributed by atoms with E-state index in [1.807, 2.05) is 91.0 Å². The van der Waals surface area contributed by atoms with Crippen LogP contribution in [-0.2, 0) is 38.8 Å². The van der Waals surface area contributed by atoms with Crippen molar-refractivity contribution in [3.8, 4) is 0 Å². The van der Waals surface area contributed by atoms with Crippen LogP contribution < -0.4 is 0 Å². The maximum Gasteiger partial charge on any atom is 0.262 e. The Bertz CT molecular complexity index is 1480. The van der Waals surface area contributed by atoms with E-state index in [1.54, 1.807) is 24.3 Å². The van der Waals surface area contributed by atoms with Crippen LogP contribution in [0.15, 0.2) is 115 Å². The van der Waals surface area contributed by atoms with Crippen molar-refractivity contribution in [2.45, 2.75) is 50.5 Å². The van der Waals surface area contributed by atoms with Gasteiger partial charge in [-0.2, -0.15) is 0 Å². The summed E-state index contributed by atoms with van der Waals surface area (Å²) in [5.74, 6) is -0.969. The highest BCUT2D eigenvalue weighted by molar-refractivity contribution is 6.21. The van der Waals surface area contributed by atoms with E-state index in [9.17, 15) is 14.7 Å². The van der Waals surface area contributed by atoms with Crippen LogP contribution >= 0.6 is 0 Å². The summed E-state index contributed by atoms with van der Waals surface area (Å²) in [6, 6.07) is 34.3. The summed E-state index contributed by atoms with van der Waals surface area (Å²) < 4.78 is 25.0. The lowest BCUT2D eigenvalue weighted by Crippen LogP contribution is -2.66. The predicted octanol–water partition coefficient (Wildman–Crippen LogP) is 4.76. The number of ether oxygens (including phenoxy) is 4. The van der Waals surface area contributed by atoms with Gasteiger partial charge >= 0.3 is 0 Å². The monoisotopic (exact) mass is 579 g/mol. The van der Waals surface area contributed by atoms with Gasteiger partial charge < -0.3 is 24.1 Å². The van der Waals surface area contributed by atoms with Gasteiger partial charge in [0.2, 0.25) is 0 Å². The van der Waals surface area contributed by atoms with Crippen LogP contribution in [0.1, 0.15) is 37.4 Å². The molecule has 43 heavy (non-hydrogen) atoms. The second-order valence-corrected chi connectivity index (χ2v) is 10.6. The maximum absolute atomic E-state index is 13.7. The first kappa shape index (κ1) is 28.9. The van der Waals surface area contributed by atoms with E-state index in [4.69, 9.17) is 18.9 Å². The van der Waals surface area contributed by atoms with Crippen molar-refractivity contribution in [1.29, 1.82) is 0 Å². The van der Waals surface area contributed by atoms with Crippen LogP contribution in [0.25, 0.3) is 0 Å². The molecular weight excluding hydrogens is 546 g/mol. The zero-order valence-corrected chi connectivity index (χ0v) is 23.5. The summed E-state index contributed by atoms with van der Waals surface area (Å²) >= 11 is 0. The Balaban J connectivity index is 1.31. The quantitative estimate of drug-likeness (QED) is 0.256. The smallest absolute Gasteiger partial charge is 0.262 e. The number of imide groups is 1. The third-order valence-corrected chi connectivity index (χ3v) is 7.70. The summed E-state index contributed by atoms with van der Waals surface area (Å²) in [5.41, 5.74) is 3.32. The number of carbonyl (C=O) groups excluding carboxylic acids is 2. The van der Waals surface area contributed by atoms with Gasteiger partial charge in [0.25, 0.3) is 11.8 Å². The average molecular weight is 580 g/mol. The van der Waals surface area contributed by atoms with Crippen LogP contribution in [0.4, 0.5) is 0 Å². The maximum atomic E-state index is 13.7. The zero-order valence-electron chi connectivity index (χ0n) is 23.5. The van der Waals surface area contributed by atoms with Gasteiger partial charge in [-0.3, -0.25) is 14.5 Å². The number of aliphatic hydroxyl groups excluding tert-OH is 1. The number of carbonyl (C=O) groups is 2. The summed E-state index contributed by atoms with van der Waals surface area (Å²) in [7, 11) is 0. The second-order valence-electron chi connectivity index (χ2n) is 10.6. The van der Waals surface area contributed by atoms with Gasteiger partial charge in [-0.1, -0.05) is 103 Å². The minimum atomic E-state index is -1.23. The predicted molar refractivity (Wildman–Crippen MR) is 158 cm³/mol. The first-order valence-corrected chi connectivity index (χ1v) is 14.3. The molecule has 0 aromatic heterocycles. The molecule has 2 amide bonds. The molecular formula is C35H33NO7. The first-order valence-electron chi connectivity index (χ1n) is 14.3. The molecule has 8 nitrogen and oxygen atoms in total. The molecule has 2 heterocycles. The van der Waals surface area contributed by atoms with Gasteiger partial charge in [-0.15, -0.1) is 0 Å². The van der Waals surface area contributed by atoms with Crippen molar-refractivity contribution in [1.82, 2.24) is 4.90 Å². The minimum Gasteiger partial charge on any atom is -0.388 e. The number of rotatable bonds is 11. The highest BCUT2D eigenvalue weighted by Gasteiger charge is 2.54. The fourth-order valence-corrected chi connectivity index (χ4v) is 5.51. The average Bonchev–Trinajstić information content (AvgIpc) is 3.30.